The van der Waals surface area contributed by atoms with Gasteiger partial charge in [-0.25, -0.2) is 14.6 Å². The van der Waals surface area contributed by atoms with Crippen LogP contribution in [0.1, 0.15) is 17.4 Å². The van der Waals surface area contributed by atoms with Gasteiger partial charge in [0, 0.05) is 35.0 Å². The molecule has 3 N–H and O–H groups in total. The van der Waals surface area contributed by atoms with Crippen LogP contribution in [0.5, 0.6) is 0 Å². The Morgan fingerprint density at radius 2 is 2.21 bits per heavy atom. The zero-order chi connectivity index (χ0) is 14.4. The number of hydrogen-bond acceptors (Lipinski definition) is 4. The molecule has 19 heavy (non-hydrogen) atoms. The molecule has 0 saturated carbocycles. The summed E-state index contributed by atoms with van der Waals surface area (Å²) in [5.74, 6) is -0.898. The van der Waals surface area contributed by atoms with Gasteiger partial charge in [0.15, 0.2) is 5.69 Å². The number of aromatic carboxylic acids is 1. The third-order valence-corrected chi connectivity index (χ3v) is 3.09. The van der Waals surface area contributed by atoms with Crippen LogP contribution in [0.4, 0.5) is 10.5 Å². The molecule has 0 aliphatic heterocycles. The normalized spacial score (nSPS) is 13.4. The van der Waals surface area contributed by atoms with Crippen LogP contribution in [0, 0.1) is 0 Å². The summed E-state index contributed by atoms with van der Waals surface area (Å²) in [6.07, 6.45) is 2.87. The van der Waals surface area contributed by atoms with Crippen molar-refractivity contribution in [1.29, 1.82) is 0 Å². The highest BCUT2D eigenvalue weighted by Gasteiger charge is 2.14. The second-order valence-corrected chi connectivity index (χ2v) is 5.42. The van der Waals surface area contributed by atoms with Gasteiger partial charge in [0.25, 0.3) is 0 Å². The summed E-state index contributed by atoms with van der Waals surface area (Å²) in [6, 6.07) is 2.12. The van der Waals surface area contributed by atoms with Crippen molar-refractivity contribution in [3.63, 3.8) is 0 Å². The lowest BCUT2D eigenvalue weighted by Gasteiger charge is -2.13. The molecule has 0 aliphatic rings. The highest BCUT2D eigenvalue weighted by Crippen LogP contribution is 2.11. The molecule has 1 aromatic rings. The molecule has 8 heteroatoms. The highest BCUT2D eigenvalue weighted by atomic mass is 32.2. The number of carbonyl (C=O) groups excluding carboxylic acids is 1. The fourth-order valence-electron chi connectivity index (χ4n) is 1.45. The number of anilines is 1. The first-order chi connectivity index (χ1) is 8.90. The number of urea groups is 1. The van der Waals surface area contributed by atoms with Gasteiger partial charge in [-0.2, -0.15) is 0 Å². The molecule has 0 aliphatic carbocycles. The van der Waals surface area contributed by atoms with Crippen molar-refractivity contribution >= 4 is 28.5 Å². The molecule has 0 radical (unpaired) electrons. The van der Waals surface area contributed by atoms with E-state index in [0.29, 0.717) is 5.75 Å². The molecular weight excluding hydrogens is 270 g/mol. The molecule has 0 saturated heterocycles. The fourth-order valence-corrected chi connectivity index (χ4v) is 2.24. The van der Waals surface area contributed by atoms with Gasteiger partial charge in [0.2, 0.25) is 0 Å². The third kappa shape index (κ3) is 5.04. The van der Waals surface area contributed by atoms with Crippen molar-refractivity contribution in [2.45, 2.75) is 13.0 Å². The number of carbonyl (C=O) groups is 2. The summed E-state index contributed by atoms with van der Waals surface area (Å²) in [4.78, 5) is 26.2. The first-order valence-corrected chi connectivity index (χ1v) is 7.18. The molecule has 1 heterocycles. The maximum absolute atomic E-state index is 11.6. The van der Waals surface area contributed by atoms with Crippen molar-refractivity contribution < 1.29 is 18.9 Å². The SMILES string of the molecule is CC(CS(C)=O)NC(=O)Nc1cccnc1C(=O)O. The third-order valence-electron chi connectivity index (χ3n) is 2.12. The Hall–Kier alpha value is -1.96. The zero-order valence-electron chi connectivity index (χ0n) is 10.5. The number of carboxylic acids is 1. The van der Waals surface area contributed by atoms with Gasteiger partial charge in [-0.15, -0.1) is 0 Å². The van der Waals surface area contributed by atoms with E-state index in [9.17, 15) is 13.8 Å². The van der Waals surface area contributed by atoms with Crippen LogP contribution in [-0.4, -0.2) is 44.4 Å². The molecule has 2 unspecified atom stereocenters. The molecule has 7 nitrogen and oxygen atoms in total. The molecule has 0 bridgehead atoms. The van der Waals surface area contributed by atoms with E-state index in [1.54, 1.807) is 13.2 Å². The van der Waals surface area contributed by atoms with Crippen molar-refractivity contribution in [3.8, 4) is 0 Å². The lowest BCUT2D eigenvalue weighted by molar-refractivity contribution is 0.0691. The maximum atomic E-state index is 11.6. The summed E-state index contributed by atoms with van der Waals surface area (Å²) < 4.78 is 11.0. The van der Waals surface area contributed by atoms with Crippen LogP contribution in [0.15, 0.2) is 18.3 Å². The molecule has 2 atom stereocenters. The van der Waals surface area contributed by atoms with E-state index < -0.39 is 22.8 Å². The Balaban J connectivity index is 2.67. The van der Waals surface area contributed by atoms with Crippen LogP contribution in [0.25, 0.3) is 0 Å². The minimum absolute atomic E-state index is 0.109. The molecule has 0 fully saturated rings. The van der Waals surface area contributed by atoms with Crippen LogP contribution in [0.3, 0.4) is 0 Å². The summed E-state index contributed by atoms with van der Waals surface area (Å²) in [7, 11) is -1.02. The van der Waals surface area contributed by atoms with Crippen molar-refractivity contribution in [2.24, 2.45) is 0 Å². The average Bonchev–Trinajstić information content (AvgIpc) is 2.27. The summed E-state index contributed by atoms with van der Waals surface area (Å²) in [5, 5.41) is 13.9. The number of nitrogens with zero attached hydrogens (tertiary/aromatic N) is 1. The molecular formula is C11H15N3O4S. The van der Waals surface area contributed by atoms with Crippen molar-refractivity contribution in [2.75, 3.05) is 17.3 Å². The van der Waals surface area contributed by atoms with E-state index in [1.807, 2.05) is 0 Å². The van der Waals surface area contributed by atoms with Gasteiger partial charge in [-0.3, -0.25) is 4.21 Å². The minimum atomic E-state index is -1.22. The number of amides is 2. The second kappa shape index (κ2) is 6.83. The van der Waals surface area contributed by atoms with E-state index in [1.165, 1.54) is 18.3 Å². The number of pyridine rings is 1. The van der Waals surface area contributed by atoms with Gasteiger partial charge in [0.05, 0.1) is 5.69 Å². The van der Waals surface area contributed by atoms with E-state index in [4.69, 9.17) is 5.11 Å². The Labute approximate surface area is 112 Å². The van der Waals surface area contributed by atoms with E-state index in [-0.39, 0.29) is 17.4 Å². The smallest absolute Gasteiger partial charge is 0.356 e. The standard InChI is InChI=1S/C11H15N3O4S/c1-7(6-19(2)18)13-11(17)14-8-4-3-5-12-9(8)10(15)16/h3-5,7H,6H2,1-2H3,(H,15,16)(H2,13,14,17). The van der Waals surface area contributed by atoms with Gasteiger partial charge in [-0.05, 0) is 19.1 Å². The van der Waals surface area contributed by atoms with E-state index in [2.05, 4.69) is 15.6 Å². The first-order valence-electron chi connectivity index (χ1n) is 5.46. The predicted octanol–water partition coefficient (Wildman–Crippen LogP) is 0.668. The monoisotopic (exact) mass is 285 g/mol. The lowest BCUT2D eigenvalue weighted by Crippen LogP contribution is -2.39. The first kappa shape index (κ1) is 15.1. The molecule has 2 amide bonds. The van der Waals surface area contributed by atoms with Gasteiger partial charge < -0.3 is 15.7 Å². The van der Waals surface area contributed by atoms with Crippen LogP contribution in [0.2, 0.25) is 0 Å². The largest absolute Gasteiger partial charge is 0.476 e. The summed E-state index contributed by atoms with van der Waals surface area (Å²) >= 11 is 0. The number of rotatable bonds is 5. The fraction of sp³-hybridized carbons (Fsp3) is 0.364. The molecule has 0 aromatic carbocycles. The number of aromatic nitrogens is 1. The highest BCUT2D eigenvalue weighted by molar-refractivity contribution is 7.84. The molecule has 104 valence electrons. The van der Waals surface area contributed by atoms with Crippen molar-refractivity contribution in [3.05, 3.63) is 24.0 Å². The maximum Gasteiger partial charge on any atom is 0.356 e. The number of hydrogen-bond donors (Lipinski definition) is 3. The Morgan fingerprint density at radius 3 is 2.79 bits per heavy atom. The van der Waals surface area contributed by atoms with Gasteiger partial charge in [0.1, 0.15) is 0 Å². The number of nitrogens with one attached hydrogen (secondary N) is 2. The van der Waals surface area contributed by atoms with Crippen LogP contribution >= 0.6 is 0 Å². The van der Waals surface area contributed by atoms with Crippen molar-refractivity contribution in [1.82, 2.24) is 10.3 Å². The molecule has 0 spiro atoms. The van der Waals surface area contributed by atoms with Gasteiger partial charge >= 0.3 is 12.0 Å². The molecule has 1 aromatic heterocycles. The van der Waals surface area contributed by atoms with Gasteiger partial charge in [-0.1, -0.05) is 0 Å². The Morgan fingerprint density at radius 1 is 1.53 bits per heavy atom. The summed E-state index contributed by atoms with van der Waals surface area (Å²) in [6.45, 7) is 1.71. The second-order valence-electron chi connectivity index (χ2n) is 3.94. The molecule has 1 rings (SSSR count). The topological polar surface area (TPSA) is 108 Å². The van der Waals surface area contributed by atoms with Crippen LogP contribution < -0.4 is 10.6 Å². The lowest BCUT2D eigenvalue weighted by atomic mass is 10.3. The minimum Gasteiger partial charge on any atom is -0.476 e. The Bertz CT molecular complexity index is 506. The predicted molar refractivity (Wildman–Crippen MR) is 71.7 cm³/mol. The average molecular weight is 285 g/mol. The quantitative estimate of drug-likeness (QED) is 0.736. The number of carboxylic acid groups (broad SMARTS) is 1. The summed E-state index contributed by atoms with van der Waals surface area (Å²) in [5.41, 5.74) is -0.123. The zero-order valence-corrected chi connectivity index (χ0v) is 11.4. The van der Waals surface area contributed by atoms with E-state index in [0.717, 1.165) is 0 Å². The Kier molecular flexibility index (Phi) is 5.43. The van der Waals surface area contributed by atoms with E-state index >= 15 is 0 Å². The van der Waals surface area contributed by atoms with Crippen LogP contribution in [-0.2, 0) is 10.8 Å².